The van der Waals surface area contributed by atoms with Gasteiger partial charge in [0.15, 0.2) is 6.61 Å². The lowest BCUT2D eigenvalue weighted by atomic mass is 10.1. The number of amides is 1. The smallest absolute Gasteiger partial charge is 0.260 e. The normalized spacial score (nSPS) is 20.0. The molecule has 1 saturated heterocycles. The second-order valence-corrected chi connectivity index (χ2v) is 6.42. The molecule has 6 heteroatoms. The van der Waals surface area contributed by atoms with E-state index in [1.807, 2.05) is 6.92 Å². The Kier molecular flexibility index (Phi) is 5.83. The molecule has 4 nitrogen and oxygen atoms in total. The van der Waals surface area contributed by atoms with Crippen molar-refractivity contribution in [3.8, 4) is 5.75 Å². The Labute approximate surface area is 151 Å². The van der Waals surface area contributed by atoms with E-state index < -0.39 is 0 Å². The predicted octanol–water partition coefficient (Wildman–Crippen LogP) is 3.20. The molecule has 2 aromatic rings. The molecule has 2 atom stereocenters. The number of hydrogen-bond donors (Lipinski definition) is 0. The molecule has 2 aromatic carbocycles. The summed E-state index contributed by atoms with van der Waals surface area (Å²) in [5.41, 5.74) is 0.959. The van der Waals surface area contributed by atoms with E-state index in [1.54, 1.807) is 17.0 Å². The summed E-state index contributed by atoms with van der Waals surface area (Å²) in [7, 11) is 0. The first kappa shape index (κ1) is 18.3. The molecular formula is C20H21F2NO3. The van der Waals surface area contributed by atoms with Gasteiger partial charge in [-0.3, -0.25) is 4.79 Å². The summed E-state index contributed by atoms with van der Waals surface area (Å²) in [6.45, 7) is 2.70. The second-order valence-electron chi connectivity index (χ2n) is 6.42. The van der Waals surface area contributed by atoms with E-state index in [4.69, 9.17) is 9.47 Å². The minimum Gasteiger partial charge on any atom is -0.484 e. The highest BCUT2D eigenvalue weighted by atomic mass is 19.1. The van der Waals surface area contributed by atoms with E-state index in [9.17, 15) is 13.6 Å². The van der Waals surface area contributed by atoms with Crippen LogP contribution in [0.2, 0.25) is 0 Å². The lowest BCUT2D eigenvalue weighted by Crippen LogP contribution is -2.52. The van der Waals surface area contributed by atoms with Gasteiger partial charge < -0.3 is 14.4 Å². The van der Waals surface area contributed by atoms with Gasteiger partial charge in [-0.2, -0.15) is 0 Å². The fourth-order valence-corrected chi connectivity index (χ4v) is 2.93. The first-order valence-electron chi connectivity index (χ1n) is 8.55. The molecule has 0 spiro atoms. The van der Waals surface area contributed by atoms with Crippen molar-refractivity contribution in [3.63, 3.8) is 0 Å². The van der Waals surface area contributed by atoms with E-state index in [0.717, 1.165) is 5.56 Å². The lowest BCUT2D eigenvalue weighted by Gasteiger charge is -2.38. The number of ether oxygens (including phenoxy) is 2. The molecule has 0 N–H and O–H groups in total. The Morgan fingerprint density at radius 2 is 1.73 bits per heavy atom. The molecule has 1 heterocycles. The van der Waals surface area contributed by atoms with Gasteiger partial charge in [0.25, 0.3) is 5.91 Å². The Hall–Kier alpha value is -2.47. The van der Waals surface area contributed by atoms with Gasteiger partial charge >= 0.3 is 0 Å². The van der Waals surface area contributed by atoms with Crippen LogP contribution >= 0.6 is 0 Å². The molecular weight excluding hydrogens is 340 g/mol. The molecule has 138 valence electrons. The fraction of sp³-hybridized carbons (Fsp3) is 0.350. The van der Waals surface area contributed by atoms with Crippen LogP contribution in [0.25, 0.3) is 0 Å². The average molecular weight is 361 g/mol. The molecule has 0 saturated carbocycles. The Balaban J connectivity index is 1.55. The third-order valence-electron chi connectivity index (χ3n) is 4.38. The van der Waals surface area contributed by atoms with Crippen LogP contribution in [0.1, 0.15) is 12.5 Å². The van der Waals surface area contributed by atoms with Crippen molar-refractivity contribution in [3.05, 3.63) is 65.7 Å². The van der Waals surface area contributed by atoms with Crippen molar-refractivity contribution in [2.24, 2.45) is 0 Å². The number of benzene rings is 2. The number of rotatable bonds is 5. The van der Waals surface area contributed by atoms with Crippen molar-refractivity contribution in [2.75, 3.05) is 19.8 Å². The minimum atomic E-state index is -0.353. The molecule has 0 bridgehead atoms. The largest absolute Gasteiger partial charge is 0.484 e. The quantitative estimate of drug-likeness (QED) is 0.821. The van der Waals surface area contributed by atoms with Crippen LogP contribution in [0.3, 0.4) is 0 Å². The van der Waals surface area contributed by atoms with Crippen molar-refractivity contribution >= 4 is 5.91 Å². The van der Waals surface area contributed by atoms with E-state index in [-0.39, 0.29) is 36.3 Å². The highest BCUT2D eigenvalue weighted by Crippen LogP contribution is 2.17. The third-order valence-corrected chi connectivity index (χ3v) is 4.38. The molecule has 3 rings (SSSR count). The SMILES string of the molecule is CC1CO[C@H](Cc2ccc(F)cc2)CN1C(=O)COc1ccc(F)cc1. The van der Waals surface area contributed by atoms with Crippen molar-refractivity contribution in [2.45, 2.75) is 25.5 Å². The number of carbonyl (C=O) groups is 1. The molecule has 26 heavy (non-hydrogen) atoms. The standard InChI is InChI=1S/C20H21F2NO3/c1-14-12-25-19(10-15-2-4-16(21)5-3-15)11-23(14)20(24)13-26-18-8-6-17(22)7-9-18/h2-9,14,19H,10-13H2,1H3/t14?,19-/m1/s1. The summed E-state index contributed by atoms with van der Waals surface area (Å²) in [5, 5.41) is 0. The molecule has 0 aromatic heterocycles. The Morgan fingerprint density at radius 1 is 1.12 bits per heavy atom. The first-order valence-corrected chi connectivity index (χ1v) is 8.55. The van der Waals surface area contributed by atoms with E-state index in [1.165, 1.54) is 36.4 Å². The summed E-state index contributed by atoms with van der Waals surface area (Å²) in [6.07, 6.45) is 0.460. The first-order chi connectivity index (χ1) is 12.5. The zero-order valence-corrected chi connectivity index (χ0v) is 14.5. The molecule has 1 amide bonds. The Bertz CT molecular complexity index is 734. The highest BCUT2D eigenvalue weighted by Gasteiger charge is 2.29. The number of halogens is 2. The summed E-state index contributed by atoms with van der Waals surface area (Å²) in [6, 6.07) is 11.8. The zero-order valence-electron chi connectivity index (χ0n) is 14.5. The number of hydrogen-bond acceptors (Lipinski definition) is 3. The summed E-state index contributed by atoms with van der Waals surface area (Å²) < 4.78 is 37.2. The van der Waals surface area contributed by atoms with E-state index in [2.05, 4.69) is 0 Å². The maximum absolute atomic E-state index is 13.0. The molecule has 0 aliphatic carbocycles. The van der Waals surface area contributed by atoms with Crippen LogP contribution in [0, 0.1) is 11.6 Å². The van der Waals surface area contributed by atoms with Crippen LogP contribution in [-0.2, 0) is 16.0 Å². The molecule has 1 fully saturated rings. The average Bonchev–Trinajstić information content (AvgIpc) is 2.64. The highest BCUT2D eigenvalue weighted by molar-refractivity contribution is 5.78. The van der Waals surface area contributed by atoms with Crippen LogP contribution in [0.15, 0.2) is 48.5 Å². The topological polar surface area (TPSA) is 38.8 Å². The second kappa shape index (κ2) is 8.27. The van der Waals surface area contributed by atoms with Gasteiger partial charge in [0.2, 0.25) is 0 Å². The summed E-state index contributed by atoms with van der Waals surface area (Å²) in [4.78, 5) is 14.3. The molecule has 0 radical (unpaired) electrons. The van der Waals surface area contributed by atoms with Crippen LogP contribution in [0.5, 0.6) is 5.75 Å². The summed E-state index contributed by atoms with van der Waals surface area (Å²) in [5.74, 6) is -0.325. The number of carbonyl (C=O) groups excluding carboxylic acids is 1. The monoisotopic (exact) mass is 361 g/mol. The van der Waals surface area contributed by atoms with Gasteiger partial charge in [-0.1, -0.05) is 12.1 Å². The maximum atomic E-state index is 13.0. The molecule has 1 aliphatic heterocycles. The van der Waals surface area contributed by atoms with E-state index >= 15 is 0 Å². The van der Waals surface area contributed by atoms with Crippen molar-refractivity contribution < 1.29 is 23.0 Å². The van der Waals surface area contributed by atoms with Gasteiger partial charge in [0.05, 0.1) is 18.8 Å². The van der Waals surface area contributed by atoms with E-state index in [0.29, 0.717) is 25.3 Å². The van der Waals surface area contributed by atoms with Gasteiger partial charge in [-0.25, -0.2) is 8.78 Å². The van der Waals surface area contributed by atoms with Gasteiger partial charge in [-0.05, 0) is 48.9 Å². The van der Waals surface area contributed by atoms with Crippen molar-refractivity contribution in [1.82, 2.24) is 4.90 Å². The zero-order chi connectivity index (χ0) is 18.5. The van der Waals surface area contributed by atoms with Gasteiger partial charge in [-0.15, -0.1) is 0 Å². The van der Waals surface area contributed by atoms with Crippen LogP contribution < -0.4 is 4.74 Å². The number of nitrogens with zero attached hydrogens (tertiary/aromatic N) is 1. The van der Waals surface area contributed by atoms with Crippen LogP contribution in [-0.4, -0.2) is 42.7 Å². The summed E-state index contributed by atoms with van der Waals surface area (Å²) >= 11 is 0. The minimum absolute atomic E-state index is 0.0521. The third kappa shape index (κ3) is 4.79. The molecule has 1 aliphatic rings. The van der Waals surface area contributed by atoms with Gasteiger partial charge in [0.1, 0.15) is 17.4 Å². The fourth-order valence-electron chi connectivity index (χ4n) is 2.93. The van der Waals surface area contributed by atoms with Crippen molar-refractivity contribution in [1.29, 1.82) is 0 Å². The molecule has 1 unspecified atom stereocenters. The maximum Gasteiger partial charge on any atom is 0.260 e. The Morgan fingerprint density at radius 3 is 2.38 bits per heavy atom. The predicted molar refractivity (Wildman–Crippen MR) is 92.9 cm³/mol. The van der Waals surface area contributed by atoms with Gasteiger partial charge in [0, 0.05) is 13.0 Å². The van der Waals surface area contributed by atoms with Crippen LogP contribution in [0.4, 0.5) is 8.78 Å². The lowest BCUT2D eigenvalue weighted by molar-refractivity contribution is -0.146. The number of morpholine rings is 1.